The van der Waals surface area contributed by atoms with Gasteiger partial charge in [0.2, 0.25) is 0 Å². The zero-order valence-electron chi connectivity index (χ0n) is 35.2. The minimum atomic E-state index is -3.30. The number of piperidine rings is 2. The quantitative estimate of drug-likeness (QED) is 0.127. The summed E-state index contributed by atoms with van der Waals surface area (Å²) in [4.78, 5) is 27.4. The molecule has 10 rings (SSSR count). The van der Waals surface area contributed by atoms with Crippen LogP contribution in [0.1, 0.15) is 37.8 Å². The Morgan fingerprint density at radius 1 is 0.615 bits per heavy atom. The van der Waals surface area contributed by atoms with Gasteiger partial charge in [0, 0.05) is 41.9 Å². The van der Waals surface area contributed by atoms with Gasteiger partial charge < -0.3 is 29.2 Å². The molecular formula is C47H44F2N10O4S2. The van der Waals surface area contributed by atoms with E-state index in [1.807, 2.05) is 36.2 Å². The minimum absolute atomic E-state index is 0.123. The van der Waals surface area contributed by atoms with Crippen LogP contribution in [0, 0.1) is 11.6 Å². The topological polar surface area (TPSA) is 164 Å². The van der Waals surface area contributed by atoms with E-state index in [9.17, 15) is 17.2 Å². The third kappa shape index (κ3) is 10.3. The summed E-state index contributed by atoms with van der Waals surface area (Å²) < 4.78 is 66.4. The number of aromatic nitrogens is 8. The summed E-state index contributed by atoms with van der Waals surface area (Å²) in [6.07, 6.45) is 12.1. The minimum Gasteiger partial charge on any atom is -0.424 e. The fourth-order valence-electron chi connectivity index (χ4n) is 7.91. The molecule has 2 fully saturated rings. The SMILES string of the molecule is CS(=O)(=O)c1ccc(Oc2nccc(-c3c(-c4ccc(F)cc4)ncn3C3CCNCC3)n2)cc1.Fc1ccc(-c2ncn(C3CCNCC3)c2-c2ccnc(Oc3cccs3)n2)cc1. The highest BCUT2D eigenvalue weighted by molar-refractivity contribution is 7.90. The molecule has 2 aliphatic rings. The number of nitrogens with one attached hydrogen (secondary N) is 2. The van der Waals surface area contributed by atoms with Crippen molar-refractivity contribution in [2.45, 2.75) is 42.7 Å². The number of benzene rings is 3. The molecule has 0 amide bonds. The molecule has 14 nitrogen and oxygen atoms in total. The van der Waals surface area contributed by atoms with Gasteiger partial charge in [0.05, 0.1) is 51.7 Å². The Hall–Kier alpha value is -6.73. The molecule has 0 saturated carbocycles. The Morgan fingerprint density at radius 3 is 1.54 bits per heavy atom. The number of hydrogen-bond acceptors (Lipinski definition) is 13. The first kappa shape index (κ1) is 43.5. The van der Waals surface area contributed by atoms with Gasteiger partial charge in [-0.05, 0) is 154 Å². The largest absolute Gasteiger partial charge is 0.424 e. The summed E-state index contributed by atoms with van der Waals surface area (Å²) in [5.74, 6) is -0.167. The highest BCUT2D eigenvalue weighted by Gasteiger charge is 2.26. The van der Waals surface area contributed by atoms with Gasteiger partial charge >= 0.3 is 12.0 Å². The maximum Gasteiger partial charge on any atom is 0.323 e. The van der Waals surface area contributed by atoms with Gasteiger partial charge in [0.25, 0.3) is 0 Å². The number of ether oxygens (including phenoxy) is 2. The van der Waals surface area contributed by atoms with E-state index in [1.165, 1.54) is 47.7 Å². The molecule has 0 radical (unpaired) electrons. The van der Waals surface area contributed by atoms with Crippen LogP contribution >= 0.6 is 11.3 Å². The molecule has 0 atom stereocenters. The van der Waals surface area contributed by atoms with Gasteiger partial charge in [-0.3, -0.25) is 0 Å². The molecule has 8 aromatic rings. The van der Waals surface area contributed by atoms with Crippen LogP contribution in [0.15, 0.2) is 132 Å². The first-order valence-electron chi connectivity index (χ1n) is 21.1. The zero-order valence-corrected chi connectivity index (χ0v) is 36.9. The van der Waals surface area contributed by atoms with E-state index >= 15 is 0 Å². The predicted molar refractivity (Wildman–Crippen MR) is 244 cm³/mol. The smallest absolute Gasteiger partial charge is 0.323 e. The van der Waals surface area contributed by atoms with E-state index in [-0.39, 0.29) is 34.6 Å². The Bertz CT molecular complexity index is 2950. The van der Waals surface area contributed by atoms with Gasteiger partial charge in [0.15, 0.2) is 14.9 Å². The van der Waals surface area contributed by atoms with Gasteiger partial charge in [-0.15, -0.1) is 11.3 Å². The second-order valence-electron chi connectivity index (χ2n) is 15.5. The van der Waals surface area contributed by atoms with Gasteiger partial charge in [0.1, 0.15) is 17.4 Å². The number of halogens is 2. The standard InChI is InChI=1S/C25H24FN5O3S.C22H20FN5OS/c1-35(32,33)21-8-6-20(7-9-21)34-25-28-15-12-22(30-25)24-23(17-2-4-18(26)5-3-17)29-16-31(24)19-10-13-27-14-11-19;23-16-5-3-15(4-6-16)20-21(28(14-26-20)17-7-10-24-11-8-17)18-9-12-25-22(27-18)29-19-2-1-13-30-19/h2-9,12,15-16,19,27H,10-11,13-14H2,1H3;1-6,9,12-14,17,24H,7-8,10-11H2. The lowest BCUT2D eigenvalue weighted by Gasteiger charge is -2.25. The average molecular weight is 915 g/mol. The maximum absolute atomic E-state index is 13.6. The van der Waals surface area contributed by atoms with E-state index in [1.54, 1.807) is 54.9 Å². The molecule has 65 heavy (non-hydrogen) atoms. The fourth-order valence-corrected chi connectivity index (χ4v) is 9.11. The van der Waals surface area contributed by atoms with Crippen LogP contribution in [-0.2, 0) is 9.84 Å². The van der Waals surface area contributed by atoms with Crippen molar-refractivity contribution >= 4 is 21.2 Å². The lowest BCUT2D eigenvalue weighted by molar-refractivity contribution is 0.370. The molecule has 5 aromatic heterocycles. The fraction of sp³-hybridized carbons (Fsp3) is 0.234. The summed E-state index contributed by atoms with van der Waals surface area (Å²) in [6, 6.07) is 27.2. The van der Waals surface area contributed by atoms with E-state index in [4.69, 9.17) is 14.5 Å². The summed E-state index contributed by atoms with van der Waals surface area (Å²) in [7, 11) is -3.30. The molecule has 18 heteroatoms. The van der Waals surface area contributed by atoms with Crippen LogP contribution in [0.5, 0.6) is 22.8 Å². The monoisotopic (exact) mass is 914 g/mol. The van der Waals surface area contributed by atoms with E-state index in [0.717, 1.165) is 97.1 Å². The van der Waals surface area contributed by atoms with Gasteiger partial charge in [-0.1, -0.05) is 0 Å². The molecule has 3 aromatic carbocycles. The van der Waals surface area contributed by atoms with Crippen molar-refractivity contribution in [1.29, 1.82) is 0 Å². The van der Waals surface area contributed by atoms with E-state index in [2.05, 4.69) is 44.7 Å². The summed E-state index contributed by atoms with van der Waals surface area (Å²) in [5, 5.41) is 9.46. The van der Waals surface area contributed by atoms with Crippen molar-refractivity contribution in [3.05, 3.63) is 139 Å². The molecule has 7 heterocycles. The van der Waals surface area contributed by atoms with E-state index < -0.39 is 9.84 Å². The highest BCUT2D eigenvalue weighted by Crippen LogP contribution is 2.37. The molecule has 0 unspecified atom stereocenters. The number of thiophene rings is 1. The Morgan fingerprint density at radius 2 is 1.09 bits per heavy atom. The Kier molecular flexibility index (Phi) is 13.1. The number of imidazole rings is 2. The highest BCUT2D eigenvalue weighted by atomic mass is 32.2. The van der Waals surface area contributed by atoms with Gasteiger partial charge in [-0.25, -0.2) is 37.1 Å². The van der Waals surface area contributed by atoms with Crippen molar-refractivity contribution in [1.82, 2.24) is 49.7 Å². The lowest BCUT2D eigenvalue weighted by atomic mass is 10.0. The summed E-state index contributed by atoms with van der Waals surface area (Å²) >= 11 is 1.49. The molecule has 2 N–H and O–H groups in total. The zero-order chi connectivity index (χ0) is 44.8. The lowest BCUT2D eigenvalue weighted by Crippen LogP contribution is -2.29. The van der Waals surface area contributed by atoms with Crippen molar-refractivity contribution < 1.29 is 26.7 Å². The van der Waals surface area contributed by atoms with Crippen molar-refractivity contribution in [2.75, 3.05) is 32.4 Å². The van der Waals surface area contributed by atoms with Crippen molar-refractivity contribution in [3.8, 4) is 68.1 Å². The average Bonchev–Trinajstić information content (AvgIpc) is 4.12. The molecule has 0 bridgehead atoms. The second-order valence-corrected chi connectivity index (χ2v) is 18.4. The maximum atomic E-state index is 13.6. The second kappa shape index (κ2) is 19.6. The third-order valence-electron chi connectivity index (χ3n) is 11.1. The number of nitrogens with zero attached hydrogens (tertiary/aromatic N) is 8. The first-order valence-corrected chi connectivity index (χ1v) is 23.9. The molecular weight excluding hydrogens is 871 g/mol. The molecule has 332 valence electrons. The third-order valence-corrected chi connectivity index (χ3v) is 13.0. The van der Waals surface area contributed by atoms with Crippen molar-refractivity contribution in [3.63, 3.8) is 0 Å². The van der Waals surface area contributed by atoms with Crippen LogP contribution in [0.2, 0.25) is 0 Å². The van der Waals surface area contributed by atoms with Crippen LogP contribution in [0.25, 0.3) is 45.3 Å². The van der Waals surface area contributed by atoms with Crippen LogP contribution in [0.4, 0.5) is 8.78 Å². The van der Waals surface area contributed by atoms with Gasteiger partial charge in [-0.2, -0.15) is 9.97 Å². The predicted octanol–water partition coefficient (Wildman–Crippen LogP) is 9.19. The Labute approximate surface area is 378 Å². The summed E-state index contributed by atoms with van der Waals surface area (Å²) in [6.45, 7) is 3.75. The van der Waals surface area contributed by atoms with Crippen LogP contribution < -0.4 is 20.1 Å². The number of sulfone groups is 1. The molecule has 2 aliphatic heterocycles. The van der Waals surface area contributed by atoms with Crippen LogP contribution in [-0.4, -0.2) is 79.9 Å². The van der Waals surface area contributed by atoms with E-state index in [0.29, 0.717) is 23.2 Å². The molecule has 0 aliphatic carbocycles. The number of rotatable bonds is 11. The molecule has 0 spiro atoms. The number of hydrogen-bond donors (Lipinski definition) is 2. The van der Waals surface area contributed by atoms with Crippen LogP contribution in [0.3, 0.4) is 0 Å². The van der Waals surface area contributed by atoms with Crippen molar-refractivity contribution in [2.24, 2.45) is 0 Å². The summed E-state index contributed by atoms with van der Waals surface area (Å²) in [5.41, 5.74) is 6.16. The molecule has 2 saturated heterocycles. The normalized spacial score (nSPS) is 14.7. The Balaban J connectivity index is 0.000000166. The first-order chi connectivity index (χ1) is 31.7.